The lowest BCUT2D eigenvalue weighted by molar-refractivity contribution is -0.372. The van der Waals surface area contributed by atoms with E-state index in [0.29, 0.717) is 25.7 Å². The number of aliphatic hydroxyl groups is 8. The quantitative estimate of drug-likeness (QED) is 0.165. The number of carbonyl (C=O) groups is 2. The van der Waals surface area contributed by atoms with Crippen LogP contribution in [0.25, 0.3) is 0 Å². The molecule has 20 atom stereocenters. The minimum atomic E-state index is -1.70. The smallest absolute Gasteiger partial charge is 0.187 e. The van der Waals surface area contributed by atoms with Crippen molar-refractivity contribution in [1.82, 2.24) is 0 Å². The number of ether oxygens (including phenoxy) is 5. The van der Waals surface area contributed by atoms with Gasteiger partial charge in [-0.2, -0.15) is 0 Å². The first-order valence-corrected chi connectivity index (χ1v) is 20.8. The van der Waals surface area contributed by atoms with E-state index < -0.39 is 125 Å². The van der Waals surface area contributed by atoms with Crippen molar-refractivity contribution in [1.29, 1.82) is 0 Å². The summed E-state index contributed by atoms with van der Waals surface area (Å²) in [6.07, 6.45) is -12.3. The van der Waals surface area contributed by atoms with Gasteiger partial charge in [0.25, 0.3) is 0 Å². The molecule has 0 aromatic heterocycles. The Kier molecular flexibility index (Phi) is 11.0. The molecule has 3 heterocycles. The highest BCUT2D eigenvalue weighted by Crippen LogP contribution is 2.75. The van der Waals surface area contributed by atoms with Crippen LogP contribution in [0.1, 0.15) is 101 Å². The zero-order valence-corrected chi connectivity index (χ0v) is 34.7. The maximum Gasteiger partial charge on any atom is 0.187 e. The Morgan fingerprint density at radius 3 is 2.11 bits per heavy atom. The van der Waals surface area contributed by atoms with E-state index in [9.17, 15) is 50.4 Å². The molecule has 0 aromatic rings. The topological polar surface area (TPSA) is 242 Å². The molecular formula is C42H66O15. The predicted molar refractivity (Wildman–Crippen MR) is 200 cm³/mol. The lowest BCUT2D eigenvalue weighted by Crippen LogP contribution is -2.66. The molecule has 3 saturated heterocycles. The Balaban J connectivity index is 1.16. The SMILES string of the molecule is C[C@@H]1O[C@@H](O[C@H]2[C@H](O[C@@H]3CC[C@@H]4C(=CC[C@@H]5[C@@]4(C)C(=O)C[C@]4(C)C([C@@]6(C)OC(C(C)(C)O)CC6=O)[C@H](O)C[C@@]54C)C3(C)C)O[C@H](CO)[C@@H](O)[C@@H]2O)[C@H](O)[C@H](O)[C@H]1O. The van der Waals surface area contributed by atoms with Crippen molar-refractivity contribution >= 4 is 11.6 Å². The molecule has 3 saturated carbocycles. The molecule has 0 bridgehead atoms. The first-order valence-electron chi connectivity index (χ1n) is 20.8. The molecule has 4 aliphatic carbocycles. The molecule has 7 aliphatic rings. The second-order valence-electron chi connectivity index (χ2n) is 20.4. The Bertz CT molecular complexity index is 1610. The van der Waals surface area contributed by atoms with Gasteiger partial charge in [0, 0.05) is 29.6 Å². The molecule has 0 radical (unpaired) electrons. The second-order valence-corrected chi connectivity index (χ2v) is 20.4. The van der Waals surface area contributed by atoms with E-state index in [1.807, 2.05) is 20.8 Å². The summed E-state index contributed by atoms with van der Waals surface area (Å²) in [6.45, 7) is 16.1. The van der Waals surface area contributed by atoms with Gasteiger partial charge in [-0.05, 0) is 76.0 Å². The molecule has 0 aromatic carbocycles. The molecule has 324 valence electrons. The van der Waals surface area contributed by atoms with E-state index >= 15 is 0 Å². The number of Topliss-reactive ketones (excluding diaryl/α,β-unsaturated/α-hetero) is 2. The van der Waals surface area contributed by atoms with Crippen LogP contribution < -0.4 is 0 Å². The molecule has 0 amide bonds. The highest BCUT2D eigenvalue weighted by atomic mass is 16.8. The minimum Gasteiger partial charge on any atom is -0.394 e. The molecule has 6 fully saturated rings. The molecule has 0 spiro atoms. The third-order valence-electron chi connectivity index (χ3n) is 16.5. The van der Waals surface area contributed by atoms with Crippen LogP contribution in [-0.2, 0) is 33.3 Å². The highest BCUT2D eigenvalue weighted by molar-refractivity contribution is 5.91. The normalized spacial score (nSPS) is 53.9. The number of hydrogen-bond donors (Lipinski definition) is 8. The number of allylic oxidation sites excluding steroid dienone is 1. The van der Waals surface area contributed by atoms with Crippen LogP contribution in [0.3, 0.4) is 0 Å². The summed E-state index contributed by atoms with van der Waals surface area (Å²) in [6, 6.07) is 0. The first-order chi connectivity index (χ1) is 26.3. The van der Waals surface area contributed by atoms with E-state index in [1.165, 1.54) is 6.92 Å². The van der Waals surface area contributed by atoms with Crippen molar-refractivity contribution < 1.29 is 74.1 Å². The summed E-state index contributed by atoms with van der Waals surface area (Å²) in [7, 11) is 0. The van der Waals surface area contributed by atoms with E-state index in [-0.39, 0.29) is 36.2 Å². The van der Waals surface area contributed by atoms with Gasteiger partial charge in [-0.15, -0.1) is 0 Å². The number of fused-ring (bicyclic) bond motifs is 5. The van der Waals surface area contributed by atoms with Crippen molar-refractivity contribution in [3.05, 3.63) is 11.6 Å². The lowest BCUT2D eigenvalue weighted by Gasteiger charge is -2.65. The maximum absolute atomic E-state index is 15.0. The molecule has 15 heteroatoms. The van der Waals surface area contributed by atoms with Crippen LogP contribution in [0.15, 0.2) is 11.6 Å². The highest BCUT2D eigenvalue weighted by Gasteiger charge is 2.76. The summed E-state index contributed by atoms with van der Waals surface area (Å²) in [5.74, 6) is -1.10. The zero-order chi connectivity index (χ0) is 42.2. The Morgan fingerprint density at radius 1 is 0.825 bits per heavy atom. The van der Waals surface area contributed by atoms with E-state index in [1.54, 1.807) is 20.8 Å². The van der Waals surface area contributed by atoms with Crippen LogP contribution in [0, 0.1) is 39.4 Å². The predicted octanol–water partition coefficient (Wildman–Crippen LogP) is 0.666. The van der Waals surface area contributed by atoms with Gasteiger partial charge in [-0.25, -0.2) is 0 Å². The Morgan fingerprint density at radius 2 is 1.49 bits per heavy atom. The molecule has 15 nitrogen and oxygen atoms in total. The third kappa shape index (κ3) is 6.31. The lowest BCUT2D eigenvalue weighted by atomic mass is 9.38. The summed E-state index contributed by atoms with van der Waals surface area (Å²) in [5.41, 5.74) is -4.44. The fourth-order valence-corrected chi connectivity index (χ4v) is 12.9. The van der Waals surface area contributed by atoms with Crippen molar-refractivity contribution in [2.24, 2.45) is 39.4 Å². The van der Waals surface area contributed by atoms with Crippen LogP contribution in [0.2, 0.25) is 0 Å². The van der Waals surface area contributed by atoms with Crippen molar-refractivity contribution in [3.8, 4) is 0 Å². The molecule has 8 N–H and O–H groups in total. The average Bonchev–Trinajstić information content (AvgIpc) is 3.54. The Hall–Kier alpha value is -1.44. The fourth-order valence-electron chi connectivity index (χ4n) is 12.9. The van der Waals surface area contributed by atoms with Gasteiger partial charge in [-0.3, -0.25) is 9.59 Å². The van der Waals surface area contributed by atoms with E-state index in [0.717, 1.165) is 5.57 Å². The summed E-state index contributed by atoms with van der Waals surface area (Å²) in [4.78, 5) is 28.7. The van der Waals surface area contributed by atoms with Crippen LogP contribution in [-0.4, -0.2) is 150 Å². The number of aliphatic hydroxyl groups excluding tert-OH is 7. The van der Waals surface area contributed by atoms with E-state index in [2.05, 4.69) is 19.9 Å². The standard InChI is InChI=1S/C42H66O15/c1-18-28(47)30(49)32(51)35(53-18)56-33-31(50)29(48)22(17-43)54-36(33)55-26-13-11-20-19(37(26,2)3)10-12-23-39(6)15-21(44)34(40(39,7)16-25(46)41(20,23)8)42(9)24(45)14-27(57-42)38(4,5)52/h10,18,20-23,26-36,43-44,47-52H,11-17H2,1-9H3/t18-,20+,21+,22+,23-,26+,27?,28-,29+,30+,31-,32+,33+,34?,35-,36-,39-,40+,41-,42-/m0/s1. The molecule has 57 heavy (non-hydrogen) atoms. The monoisotopic (exact) mass is 810 g/mol. The third-order valence-corrected chi connectivity index (χ3v) is 16.5. The van der Waals surface area contributed by atoms with Crippen molar-refractivity contribution in [2.45, 2.75) is 192 Å². The first kappa shape index (κ1) is 43.6. The second kappa shape index (κ2) is 14.3. The number of ketones is 2. The zero-order valence-electron chi connectivity index (χ0n) is 34.7. The van der Waals surface area contributed by atoms with Crippen molar-refractivity contribution in [2.75, 3.05) is 6.61 Å². The van der Waals surface area contributed by atoms with Crippen LogP contribution >= 0.6 is 0 Å². The molecule has 2 unspecified atom stereocenters. The summed E-state index contributed by atoms with van der Waals surface area (Å²) >= 11 is 0. The maximum atomic E-state index is 15.0. The largest absolute Gasteiger partial charge is 0.394 e. The summed E-state index contributed by atoms with van der Waals surface area (Å²) < 4.78 is 30.7. The van der Waals surface area contributed by atoms with Crippen LogP contribution in [0.5, 0.6) is 0 Å². The molecule has 3 aliphatic heterocycles. The van der Waals surface area contributed by atoms with Gasteiger partial charge in [-0.1, -0.05) is 46.3 Å². The van der Waals surface area contributed by atoms with Gasteiger partial charge in [0.15, 0.2) is 18.4 Å². The van der Waals surface area contributed by atoms with Gasteiger partial charge in [0.1, 0.15) is 54.1 Å². The number of carbonyl (C=O) groups excluding carboxylic acids is 2. The molecule has 7 rings (SSSR count). The van der Waals surface area contributed by atoms with E-state index in [4.69, 9.17) is 23.7 Å². The minimum absolute atomic E-state index is 0.0271. The van der Waals surface area contributed by atoms with Gasteiger partial charge in [0.05, 0.1) is 36.6 Å². The van der Waals surface area contributed by atoms with Gasteiger partial charge < -0.3 is 64.5 Å². The Labute approximate surface area is 334 Å². The molecular weight excluding hydrogens is 744 g/mol. The fraction of sp³-hybridized carbons (Fsp3) is 0.905. The number of hydrogen-bond acceptors (Lipinski definition) is 15. The van der Waals surface area contributed by atoms with Crippen LogP contribution in [0.4, 0.5) is 0 Å². The number of rotatable bonds is 7. The van der Waals surface area contributed by atoms with Crippen molar-refractivity contribution in [3.63, 3.8) is 0 Å². The average molecular weight is 811 g/mol. The summed E-state index contributed by atoms with van der Waals surface area (Å²) in [5, 5.41) is 86.2. The van der Waals surface area contributed by atoms with Gasteiger partial charge in [0.2, 0.25) is 0 Å². The van der Waals surface area contributed by atoms with Gasteiger partial charge >= 0.3 is 0 Å².